The fraction of sp³-hybridized carbons (Fsp3) is 0.464. The molecule has 204 valence electrons. The van der Waals surface area contributed by atoms with Crippen LogP contribution in [0.25, 0.3) is 0 Å². The first kappa shape index (κ1) is 30.3. The summed E-state index contributed by atoms with van der Waals surface area (Å²) < 4.78 is 0. The number of amides is 2. The maximum Gasteiger partial charge on any atom is 0.246 e. The smallest absolute Gasteiger partial charge is 0.246 e. The van der Waals surface area contributed by atoms with Crippen LogP contribution >= 0.6 is 0 Å². The average Bonchev–Trinajstić information content (AvgIpc) is 2.86. The molecule has 0 saturated heterocycles. The number of nitrogens with one attached hydrogen (secondary N) is 3. The first-order valence-corrected chi connectivity index (χ1v) is 12.8. The standard InChI is InChI=1S/C28H40N8O2/c1-7-16-30-26-22(19-31-27(33-26)32-23-13-10-21(18-29)11-14-23)12-15-24(37)34-28(2,3)20-36(6)25(38)9-8-17-35(4)5/h8-11,13-14,19H,7,12,15-17,20H2,1-6H3,(H,34,37)(H2,30,31,32,33)/b9-8+. The summed E-state index contributed by atoms with van der Waals surface area (Å²) in [4.78, 5) is 37.8. The van der Waals surface area contributed by atoms with Gasteiger partial charge in [-0.15, -0.1) is 0 Å². The molecule has 38 heavy (non-hydrogen) atoms. The number of rotatable bonds is 14. The molecule has 1 aromatic carbocycles. The second kappa shape index (κ2) is 14.7. The normalized spacial score (nSPS) is 11.3. The van der Waals surface area contributed by atoms with Crippen LogP contribution < -0.4 is 16.0 Å². The van der Waals surface area contributed by atoms with Crippen LogP contribution in [0.1, 0.15) is 44.7 Å². The second-order valence-electron chi connectivity index (χ2n) is 10.1. The van der Waals surface area contributed by atoms with Crippen molar-refractivity contribution in [1.29, 1.82) is 5.26 Å². The molecule has 0 fully saturated rings. The van der Waals surface area contributed by atoms with E-state index in [2.05, 4.69) is 38.9 Å². The molecule has 10 nitrogen and oxygen atoms in total. The van der Waals surface area contributed by atoms with Crippen molar-refractivity contribution in [2.45, 2.75) is 45.6 Å². The molecule has 0 spiro atoms. The minimum atomic E-state index is -0.592. The van der Waals surface area contributed by atoms with Crippen LogP contribution in [0.2, 0.25) is 0 Å². The molecule has 1 aromatic heterocycles. The van der Waals surface area contributed by atoms with E-state index in [9.17, 15) is 9.59 Å². The molecule has 0 aliphatic heterocycles. The van der Waals surface area contributed by atoms with Gasteiger partial charge in [-0.05, 0) is 65.0 Å². The lowest BCUT2D eigenvalue weighted by Crippen LogP contribution is -2.51. The van der Waals surface area contributed by atoms with E-state index in [1.165, 1.54) is 0 Å². The van der Waals surface area contributed by atoms with Gasteiger partial charge in [-0.1, -0.05) is 13.0 Å². The molecule has 3 N–H and O–H groups in total. The Kier molecular flexibility index (Phi) is 11.7. The zero-order valence-electron chi connectivity index (χ0n) is 23.3. The number of nitrogens with zero attached hydrogens (tertiary/aromatic N) is 5. The molecule has 2 amide bonds. The van der Waals surface area contributed by atoms with Gasteiger partial charge in [0.15, 0.2) is 0 Å². The van der Waals surface area contributed by atoms with Gasteiger partial charge >= 0.3 is 0 Å². The summed E-state index contributed by atoms with van der Waals surface area (Å²) in [5.41, 5.74) is 1.60. The monoisotopic (exact) mass is 520 g/mol. The quantitative estimate of drug-likeness (QED) is 0.324. The summed E-state index contributed by atoms with van der Waals surface area (Å²) in [7, 11) is 5.61. The van der Waals surface area contributed by atoms with E-state index in [1.807, 2.05) is 38.9 Å². The maximum absolute atomic E-state index is 12.8. The zero-order chi connectivity index (χ0) is 28.1. The number of benzene rings is 1. The van der Waals surface area contributed by atoms with Crippen molar-refractivity contribution >= 4 is 29.3 Å². The molecule has 0 aliphatic carbocycles. The highest BCUT2D eigenvalue weighted by atomic mass is 16.2. The van der Waals surface area contributed by atoms with Gasteiger partial charge in [-0.25, -0.2) is 4.98 Å². The van der Waals surface area contributed by atoms with Gasteiger partial charge in [0.05, 0.1) is 17.2 Å². The third kappa shape index (κ3) is 10.6. The first-order chi connectivity index (χ1) is 18.0. The van der Waals surface area contributed by atoms with E-state index in [0.717, 1.165) is 24.2 Å². The topological polar surface area (TPSA) is 126 Å². The molecule has 1 heterocycles. The van der Waals surface area contributed by atoms with E-state index < -0.39 is 5.54 Å². The molecule has 0 unspecified atom stereocenters. The maximum atomic E-state index is 12.8. The Bertz CT molecular complexity index is 1140. The summed E-state index contributed by atoms with van der Waals surface area (Å²) in [6.07, 6.45) is 6.75. The molecule has 2 rings (SSSR count). The summed E-state index contributed by atoms with van der Waals surface area (Å²) in [5.74, 6) is 0.891. The van der Waals surface area contributed by atoms with Crippen molar-refractivity contribution in [2.24, 2.45) is 0 Å². The van der Waals surface area contributed by atoms with Crippen LogP contribution in [0.15, 0.2) is 42.6 Å². The van der Waals surface area contributed by atoms with Crippen molar-refractivity contribution in [3.63, 3.8) is 0 Å². The average molecular weight is 521 g/mol. The number of carbonyl (C=O) groups is 2. The van der Waals surface area contributed by atoms with E-state index in [1.54, 1.807) is 48.5 Å². The van der Waals surface area contributed by atoms with E-state index >= 15 is 0 Å². The molecule has 0 radical (unpaired) electrons. The molecule has 0 bridgehead atoms. The van der Waals surface area contributed by atoms with Crippen LogP contribution in [0, 0.1) is 11.3 Å². The number of aromatic nitrogens is 2. The minimum Gasteiger partial charge on any atom is -0.370 e. The third-order valence-electron chi connectivity index (χ3n) is 5.52. The molecular weight excluding hydrogens is 480 g/mol. The molecule has 2 aromatic rings. The summed E-state index contributed by atoms with van der Waals surface area (Å²) in [6, 6.07) is 9.14. The van der Waals surface area contributed by atoms with Gasteiger partial charge in [-0.3, -0.25) is 9.59 Å². The SMILES string of the molecule is CCCNc1nc(Nc2ccc(C#N)cc2)ncc1CCC(=O)NC(C)(C)CN(C)C(=O)/C=C/CN(C)C. The van der Waals surface area contributed by atoms with Gasteiger partial charge < -0.3 is 25.8 Å². The lowest BCUT2D eigenvalue weighted by atomic mass is 10.0. The highest BCUT2D eigenvalue weighted by Crippen LogP contribution is 2.20. The molecular formula is C28H40N8O2. The number of carbonyl (C=O) groups excluding carboxylic acids is 2. The predicted octanol–water partition coefficient (Wildman–Crippen LogP) is 3.32. The number of hydrogen-bond donors (Lipinski definition) is 3. The van der Waals surface area contributed by atoms with E-state index in [0.29, 0.717) is 36.8 Å². The van der Waals surface area contributed by atoms with Crippen molar-refractivity contribution in [3.05, 3.63) is 53.7 Å². The van der Waals surface area contributed by atoms with Crippen molar-refractivity contribution in [2.75, 3.05) is 51.4 Å². The van der Waals surface area contributed by atoms with Crippen LogP contribution in [0.5, 0.6) is 0 Å². The highest BCUT2D eigenvalue weighted by Gasteiger charge is 2.24. The minimum absolute atomic E-state index is 0.104. The molecule has 10 heteroatoms. The number of anilines is 3. The van der Waals surface area contributed by atoms with Gasteiger partial charge in [0, 0.05) is 56.6 Å². The molecule has 0 saturated carbocycles. The molecule has 0 atom stereocenters. The largest absolute Gasteiger partial charge is 0.370 e. The first-order valence-electron chi connectivity index (χ1n) is 12.8. The number of likely N-dealkylation sites (N-methyl/N-ethyl adjacent to an activating group) is 2. The number of nitriles is 1. The molecule has 0 aliphatic rings. The Labute approximate surface area is 226 Å². The Morgan fingerprint density at radius 1 is 1.16 bits per heavy atom. The predicted molar refractivity (Wildman–Crippen MR) is 151 cm³/mol. The van der Waals surface area contributed by atoms with Gasteiger partial charge in [0.2, 0.25) is 17.8 Å². The summed E-state index contributed by atoms with van der Waals surface area (Å²) in [6.45, 7) is 7.68. The Hall–Kier alpha value is -3.97. The van der Waals surface area contributed by atoms with Crippen molar-refractivity contribution < 1.29 is 9.59 Å². The highest BCUT2D eigenvalue weighted by molar-refractivity contribution is 5.87. The fourth-order valence-corrected chi connectivity index (χ4v) is 3.69. The zero-order valence-corrected chi connectivity index (χ0v) is 23.3. The van der Waals surface area contributed by atoms with Crippen LogP contribution in [-0.2, 0) is 16.0 Å². The van der Waals surface area contributed by atoms with E-state index in [4.69, 9.17) is 5.26 Å². The summed E-state index contributed by atoms with van der Waals surface area (Å²) >= 11 is 0. The third-order valence-corrected chi connectivity index (χ3v) is 5.52. The van der Waals surface area contributed by atoms with Crippen LogP contribution in [-0.4, -0.2) is 77.9 Å². The lowest BCUT2D eigenvalue weighted by molar-refractivity contribution is -0.127. The Morgan fingerprint density at radius 3 is 2.50 bits per heavy atom. The van der Waals surface area contributed by atoms with Gasteiger partial charge in [-0.2, -0.15) is 10.2 Å². The lowest BCUT2D eigenvalue weighted by Gasteiger charge is -2.31. The second-order valence-corrected chi connectivity index (χ2v) is 10.1. The number of aryl methyl sites for hydroxylation is 1. The van der Waals surface area contributed by atoms with Gasteiger partial charge in [0.1, 0.15) is 5.82 Å². The summed E-state index contributed by atoms with van der Waals surface area (Å²) in [5, 5.41) is 18.5. The van der Waals surface area contributed by atoms with E-state index in [-0.39, 0.29) is 18.2 Å². The Morgan fingerprint density at radius 2 is 1.87 bits per heavy atom. The fourth-order valence-electron chi connectivity index (χ4n) is 3.69. The number of hydrogen-bond acceptors (Lipinski definition) is 8. The van der Waals surface area contributed by atoms with Crippen molar-refractivity contribution in [3.8, 4) is 6.07 Å². The van der Waals surface area contributed by atoms with Crippen LogP contribution in [0.4, 0.5) is 17.5 Å². The van der Waals surface area contributed by atoms with Crippen molar-refractivity contribution in [1.82, 2.24) is 25.1 Å². The van der Waals surface area contributed by atoms with Gasteiger partial charge in [0.25, 0.3) is 0 Å². The Balaban J connectivity index is 1.98. The van der Waals surface area contributed by atoms with Crippen LogP contribution in [0.3, 0.4) is 0 Å².